The van der Waals surface area contributed by atoms with E-state index in [1.165, 1.54) is 0 Å². The number of hydrogen-bond donors (Lipinski definition) is 1. The summed E-state index contributed by atoms with van der Waals surface area (Å²) in [6.45, 7) is 6.68. The van der Waals surface area contributed by atoms with Crippen LogP contribution < -0.4 is 10.1 Å². The van der Waals surface area contributed by atoms with Crippen molar-refractivity contribution in [2.75, 3.05) is 37.5 Å². The van der Waals surface area contributed by atoms with Gasteiger partial charge in [-0.25, -0.2) is 13.1 Å². The van der Waals surface area contributed by atoms with Crippen molar-refractivity contribution in [2.45, 2.75) is 39.8 Å². The molecule has 1 aliphatic heterocycles. The van der Waals surface area contributed by atoms with Crippen LogP contribution in [0.3, 0.4) is 0 Å². The van der Waals surface area contributed by atoms with Crippen LogP contribution in [0.25, 0.3) is 0 Å². The van der Waals surface area contributed by atoms with E-state index < -0.39 is 9.84 Å². The molecule has 1 amide bonds. The molecule has 1 fully saturated rings. The third-order valence-corrected chi connectivity index (χ3v) is 7.02. The highest BCUT2D eigenvalue weighted by atomic mass is 32.2. The smallest absolute Gasteiger partial charge is 0.239 e. The summed E-state index contributed by atoms with van der Waals surface area (Å²) in [4.78, 5) is 14.6. The molecule has 0 aliphatic carbocycles. The summed E-state index contributed by atoms with van der Waals surface area (Å²) in [6.07, 6.45) is 0.516. The predicted octanol–water partition coefficient (Wildman–Crippen LogP) is 2.25. The van der Waals surface area contributed by atoms with Crippen molar-refractivity contribution in [1.82, 2.24) is 14.7 Å². The quantitative estimate of drug-likeness (QED) is 0.718. The fourth-order valence-corrected chi connectivity index (χ4v) is 5.80. The van der Waals surface area contributed by atoms with Crippen LogP contribution in [0.4, 0.5) is 5.82 Å². The Kier molecular flexibility index (Phi) is 6.52. The number of ether oxygens (including phenoxy) is 1. The molecule has 2 heterocycles. The minimum absolute atomic E-state index is 0.0626. The third kappa shape index (κ3) is 5.20. The number of anilines is 1. The summed E-state index contributed by atoms with van der Waals surface area (Å²) < 4.78 is 30.7. The molecule has 8 nitrogen and oxygen atoms in total. The molecule has 1 N–H and O–H groups in total. The Morgan fingerprint density at radius 1 is 1.27 bits per heavy atom. The molecule has 0 saturated carbocycles. The van der Waals surface area contributed by atoms with E-state index >= 15 is 0 Å². The number of methoxy groups -OCH3 is 1. The van der Waals surface area contributed by atoms with Crippen LogP contribution in [-0.2, 0) is 21.2 Å². The van der Waals surface area contributed by atoms with Crippen molar-refractivity contribution in [3.63, 3.8) is 0 Å². The maximum atomic E-state index is 12.6. The number of aromatic nitrogens is 2. The number of amides is 1. The molecule has 1 unspecified atom stereocenters. The monoisotopic (exact) mass is 434 g/mol. The van der Waals surface area contributed by atoms with Gasteiger partial charge >= 0.3 is 0 Å². The van der Waals surface area contributed by atoms with Crippen LogP contribution >= 0.6 is 0 Å². The topological polar surface area (TPSA) is 93.5 Å². The Labute approximate surface area is 178 Å². The maximum Gasteiger partial charge on any atom is 0.239 e. The van der Waals surface area contributed by atoms with Gasteiger partial charge in [-0.3, -0.25) is 9.69 Å². The highest BCUT2D eigenvalue weighted by molar-refractivity contribution is 7.91. The zero-order valence-electron chi connectivity index (χ0n) is 18.2. The number of nitrogens with one attached hydrogen (secondary N) is 1. The van der Waals surface area contributed by atoms with E-state index in [0.717, 1.165) is 28.1 Å². The van der Waals surface area contributed by atoms with Crippen LogP contribution in [0.1, 0.15) is 34.8 Å². The number of likely N-dealkylation sites (N-methyl/N-ethyl adjacent to an activating group) is 1. The molecule has 3 rings (SSSR count). The molecule has 30 heavy (non-hydrogen) atoms. The Hall–Kier alpha value is -2.39. The zero-order chi connectivity index (χ0) is 22.1. The number of hydrogen-bond acceptors (Lipinski definition) is 6. The summed E-state index contributed by atoms with van der Waals surface area (Å²) in [5.74, 6) is 1.49. The van der Waals surface area contributed by atoms with Gasteiger partial charge in [0.2, 0.25) is 5.91 Å². The molecule has 1 saturated heterocycles. The SMILES string of the molecule is COc1c(C)cc(CN(C)CC(=O)Nc2cc(C)nn2C2CCS(=O)(=O)C2)cc1C. The lowest BCUT2D eigenvalue weighted by Crippen LogP contribution is -2.31. The average Bonchev–Trinajstić information content (AvgIpc) is 3.15. The van der Waals surface area contributed by atoms with Gasteiger partial charge in [0, 0.05) is 12.6 Å². The Bertz CT molecular complexity index is 1020. The standard InChI is InChI=1S/C21H30N4O4S/c1-14-8-17(9-15(2)21(14)29-5)11-24(4)12-20(26)22-19-10-16(3)23-25(19)18-6-7-30(27,28)13-18/h8-10,18H,6-7,11-13H2,1-5H3,(H,22,26). The molecule has 0 spiro atoms. The second-order valence-electron chi connectivity index (χ2n) is 8.16. The largest absolute Gasteiger partial charge is 0.496 e. The van der Waals surface area contributed by atoms with Crippen molar-refractivity contribution < 1.29 is 17.9 Å². The van der Waals surface area contributed by atoms with Gasteiger partial charge in [-0.05, 0) is 50.9 Å². The first-order valence-electron chi connectivity index (χ1n) is 9.97. The van der Waals surface area contributed by atoms with Crippen molar-refractivity contribution in [2.24, 2.45) is 0 Å². The number of aryl methyl sites for hydroxylation is 3. The molecule has 1 aliphatic rings. The number of nitrogens with zero attached hydrogens (tertiary/aromatic N) is 3. The van der Waals surface area contributed by atoms with E-state index in [9.17, 15) is 13.2 Å². The number of rotatable bonds is 7. The fourth-order valence-electron chi connectivity index (χ4n) is 4.10. The van der Waals surface area contributed by atoms with Gasteiger partial charge in [0.1, 0.15) is 11.6 Å². The molecular weight excluding hydrogens is 404 g/mol. The summed E-state index contributed by atoms with van der Waals surface area (Å²) in [7, 11) is 0.519. The lowest BCUT2D eigenvalue weighted by molar-refractivity contribution is -0.117. The normalized spacial score (nSPS) is 18.0. The van der Waals surface area contributed by atoms with Crippen LogP contribution in [0.2, 0.25) is 0 Å². The molecule has 164 valence electrons. The fraction of sp³-hybridized carbons (Fsp3) is 0.524. The van der Waals surface area contributed by atoms with Crippen molar-refractivity contribution in [1.29, 1.82) is 0 Å². The summed E-state index contributed by atoms with van der Waals surface area (Å²) in [6, 6.07) is 5.68. The van der Waals surface area contributed by atoms with E-state index in [2.05, 4.69) is 22.5 Å². The molecule has 1 aromatic carbocycles. The summed E-state index contributed by atoms with van der Waals surface area (Å²) in [5.41, 5.74) is 3.98. The first-order valence-corrected chi connectivity index (χ1v) is 11.8. The molecule has 1 atom stereocenters. The first-order chi connectivity index (χ1) is 14.1. The van der Waals surface area contributed by atoms with E-state index in [4.69, 9.17) is 4.74 Å². The molecule has 1 aromatic heterocycles. The zero-order valence-corrected chi connectivity index (χ0v) is 19.0. The van der Waals surface area contributed by atoms with Crippen molar-refractivity contribution >= 4 is 21.6 Å². The number of carbonyl (C=O) groups excluding carboxylic acids is 1. The minimum Gasteiger partial charge on any atom is -0.496 e. The van der Waals surface area contributed by atoms with Crippen LogP contribution in [0.15, 0.2) is 18.2 Å². The lowest BCUT2D eigenvalue weighted by Gasteiger charge is -2.19. The van der Waals surface area contributed by atoms with E-state index in [1.54, 1.807) is 17.9 Å². The highest BCUT2D eigenvalue weighted by Gasteiger charge is 2.31. The molecule has 2 aromatic rings. The Balaban J connectivity index is 1.64. The van der Waals surface area contributed by atoms with Gasteiger partial charge in [0.15, 0.2) is 9.84 Å². The molecule has 0 radical (unpaired) electrons. The third-order valence-electron chi connectivity index (χ3n) is 5.27. The second kappa shape index (κ2) is 8.77. The van der Waals surface area contributed by atoms with Gasteiger partial charge < -0.3 is 10.1 Å². The van der Waals surface area contributed by atoms with Crippen LogP contribution in [-0.4, -0.2) is 61.2 Å². The molecule has 9 heteroatoms. The second-order valence-corrected chi connectivity index (χ2v) is 10.4. The lowest BCUT2D eigenvalue weighted by atomic mass is 10.1. The maximum absolute atomic E-state index is 12.6. The van der Waals surface area contributed by atoms with Crippen LogP contribution in [0, 0.1) is 20.8 Å². The number of carbonyl (C=O) groups is 1. The van der Waals surface area contributed by atoms with Crippen LogP contribution in [0.5, 0.6) is 5.75 Å². The van der Waals surface area contributed by atoms with Crippen molar-refractivity contribution in [3.05, 3.63) is 40.6 Å². The number of sulfone groups is 1. The van der Waals surface area contributed by atoms with Gasteiger partial charge in [0.25, 0.3) is 0 Å². The first kappa shape index (κ1) is 22.3. The number of benzene rings is 1. The predicted molar refractivity (Wildman–Crippen MR) is 117 cm³/mol. The Morgan fingerprint density at radius 3 is 2.50 bits per heavy atom. The average molecular weight is 435 g/mol. The highest BCUT2D eigenvalue weighted by Crippen LogP contribution is 2.27. The Morgan fingerprint density at radius 2 is 1.93 bits per heavy atom. The minimum atomic E-state index is -3.04. The van der Waals surface area contributed by atoms with Gasteiger partial charge in [-0.2, -0.15) is 5.10 Å². The summed E-state index contributed by atoms with van der Waals surface area (Å²) >= 11 is 0. The molecular formula is C21H30N4O4S. The van der Waals surface area contributed by atoms with Gasteiger partial charge in [-0.15, -0.1) is 0 Å². The van der Waals surface area contributed by atoms with Crippen molar-refractivity contribution in [3.8, 4) is 5.75 Å². The van der Waals surface area contributed by atoms with Gasteiger partial charge in [0.05, 0.1) is 36.9 Å². The van der Waals surface area contributed by atoms with Gasteiger partial charge in [-0.1, -0.05) is 12.1 Å². The van der Waals surface area contributed by atoms with E-state index in [1.807, 2.05) is 32.7 Å². The van der Waals surface area contributed by atoms with E-state index in [-0.39, 0.29) is 30.0 Å². The molecule has 0 bridgehead atoms. The van der Waals surface area contributed by atoms with E-state index in [0.29, 0.717) is 18.8 Å². The summed E-state index contributed by atoms with van der Waals surface area (Å²) in [5, 5.41) is 7.30.